The Morgan fingerprint density at radius 2 is 2.00 bits per heavy atom. The van der Waals surface area contributed by atoms with Gasteiger partial charge in [0.2, 0.25) is 0 Å². The molecule has 1 amide bonds. The molecule has 0 atom stereocenters. The second-order valence-corrected chi connectivity index (χ2v) is 5.57. The average Bonchev–Trinajstić information content (AvgIpc) is 3.05. The summed E-state index contributed by atoms with van der Waals surface area (Å²) in [5.41, 5.74) is 3.84. The number of hydrogen-bond acceptors (Lipinski definition) is 4. The van der Waals surface area contributed by atoms with Crippen LogP contribution in [0, 0.1) is 0 Å². The molecule has 2 aromatic heterocycles. The van der Waals surface area contributed by atoms with Gasteiger partial charge in [0.1, 0.15) is 11.5 Å². The number of benzene rings is 1. The minimum absolute atomic E-state index is 0.325. The fourth-order valence-corrected chi connectivity index (χ4v) is 2.17. The SMILES string of the molecule is O=C(N/N=C/c1ccc(-c2ccc(Br)cc2)o1)c1cccnc1. The summed E-state index contributed by atoms with van der Waals surface area (Å²) in [6.07, 6.45) is 4.53. The third kappa shape index (κ3) is 3.92. The molecule has 0 aliphatic heterocycles. The topological polar surface area (TPSA) is 67.5 Å². The minimum Gasteiger partial charge on any atom is -0.455 e. The molecule has 0 unspecified atom stereocenters. The van der Waals surface area contributed by atoms with Crippen molar-refractivity contribution >= 4 is 28.1 Å². The van der Waals surface area contributed by atoms with E-state index in [0.29, 0.717) is 11.3 Å². The van der Waals surface area contributed by atoms with Gasteiger partial charge in [-0.3, -0.25) is 9.78 Å². The van der Waals surface area contributed by atoms with Gasteiger partial charge >= 0.3 is 0 Å². The van der Waals surface area contributed by atoms with Crippen LogP contribution in [0.15, 0.2) is 74.9 Å². The molecule has 1 aromatic carbocycles. The number of halogens is 1. The smallest absolute Gasteiger partial charge is 0.272 e. The molecular formula is C17H12BrN3O2. The van der Waals surface area contributed by atoms with Crippen LogP contribution in [0.4, 0.5) is 0 Å². The largest absolute Gasteiger partial charge is 0.455 e. The minimum atomic E-state index is -0.325. The Morgan fingerprint density at radius 1 is 1.17 bits per heavy atom. The number of pyridine rings is 1. The summed E-state index contributed by atoms with van der Waals surface area (Å²) in [6.45, 7) is 0. The Bertz CT molecular complexity index is 827. The monoisotopic (exact) mass is 369 g/mol. The first kappa shape index (κ1) is 15.2. The number of nitrogens with one attached hydrogen (secondary N) is 1. The maximum atomic E-state index is 11.8. The van der Waals surface area contributed by atoms with Crippen LogP contribution in [0.5, 0.6) is 0 Å². The molecule has 6 heteroatoms. The number of rotatable bonds is 4. The average molecular weight is 370 g/mol. The summed E-state index contributed by atoms with van der Waals surface area (Å²) in [4.78, 5) is 15.7. The predicted molar refractivity (Wildman–Crippen MR) is 91.1 cm³/mol. The summed E-state index contributed by atoms with van der Waals surface area (Å²) in [7, 11) is 0. The second kappa shape index (κ2) is 7.02. The lowest BCUT2D eigenvalue weighted by Gasteiger charge is -1.98. The number of hydrogen-bond donors (Lipinski definition) is 1. The number of amides is 1. The second-order valence-electron chi connectivity index (χ2n) is 4.65. The Hall–Kier alpha value is -2.73. The van der Waals surface area contributed by atoms with Gasteiger partial charge in [-0.25, -0.2) is 5.43 Å². The molecule has 0 fully saturated rings. The molecule has 0 bridgehead atoms. The van der Waals surface area contributed by atoms with E-state index in [1.165, 1.54) is 12.4 Å². The fourth-order valence-electron chi connectivity index (χ4n) is 1.91. The molecule has 5 nitrogen and oxygen atoms in total. The number of nitrogens with zero attached hydrogens (tertiary/aromatic N) is 2. The van der Waals surface area contributed by atoms with Gasteiger partial charge in [0.15, 0.2) is 0 Å². The van der Waals surface area contributed by atoms with Gasteiger partial charge in [-0.15, -0.1) is 0 Å². The molecule has 0 aliphatic rings. The quantitative estimate of drug-likeness (QED) is 0.560. The number of furan rings is 1. The summed E-state index contributed by atoms with van der Waals surface area (Å²) in [5, 5.41) is 3.89. The van der Waals surface area contributed by atoms with Gasteiger partial charge in [-0.2, -0.15) is 5.10 Å². The molecule has 0 saturated heterocycles. The van der Waals surface area contributed by atoms with Crippen LogP contribution in [0.2, 0.25) is 0 Å². The molecule has 0 radical (unpaired) electrons. The van der Waals surface area contributed by atoms with E-state index in [1.807, 2.05) is 30.3 Å². The highest BCUT2D eigenvalue weighted by molar-refractivity contribution is 9.10. The molecule has 23 heavy (non-hydrogen) atoms. The molecule has 0 saturated carbocycles. The zero-order chi connectivity index (χ0) is 16.1. The molecule has 114 valence electrons. The maximum absolute atomic E-state index is 11.8. The summed E-state index contributed by atoms with van der Waals surface area (Å²) in [6, 6.07) is 14.8. The van der Waals surface area contributed by atoms with E-state index in [0.717, 1.165) is 15.8 Å². The van der Waals surface area contributed by atoms with Crippen molar-refractivity contribution in [3.05, 3.63) is 76.7 Å². The molecule has 1 N–H and O–H groups in total. The van der Waals surface area contributed by atoms with E-state index >= 15 is 0 Å². The Kier molecular flexibility index (Phi) is 4.63. The number of carbonyl (C=O) groups excluding carboxylic acids is 1. The van der Waals surface area contributed by atoms with Crippen molar-refractivity contribution < 1.29 is 9.21 Å². The van der Waals surface area contributed by atoms with E-state index in [2.05, 4.69) is 31.4 Å². The van der Waals surface area contributed by atoms with Crippen molar-refractivity contribution in [1.82, 2.24) is 10.4 Å². The molecule has 0 aliphatic carbocycles. The van der Waals surface area contributed by atoms with Crippen molar-refractivity contribution in [3.8, 4) is 11.3 Å². The van der Waals surface area contributed by atoms with Gasteiger partial charge in [0, 0.05) is 22.4 Å². The van der Waals surface area contributed by atoms with Crippen LogP contribution in [0.3, 0.4) is 0 Å². The highest BCUT2D eigenvalue weighted by atomic mass is 79.9. The normalized spacial score (nSPS) is 10.8. The Balaban J connectivity index is 1.65. The first-order valence-electron chi connectivity index (χ1n) is 6.81. The van der Waals surface area contributed by atoms with Crippen molar-refractivity contribution in [2.24, 2.45) is 5.10 Å². The van der Waals surface area contributed by atoms with Gasteiger partial charge in [0.05, 0.1) is 11.8 Å². The van der Waals surface area contributed by atoms with E-state index in [-0.39, 0.29) is 5.91 Å². The third-order valence-corrected chi connectivity index (χ3v) is 3.57. The van der Waals surface area contributed by atoms with Crippen molar-refractivity contribution in [2.75, 3.05) is 0 Å². The number of hydrazone groups is 1. The van der Waals surface area contributed by atoms with E-state index in [4.69, 9.17) is 4.42 Å². The van der Waals surface area contributed by atoms with Crippen LogP contribution in [-0.4, -0.2) is 17.1 Å². The van der Waals surface area contributed by atoms with Crippen LogP contribution in [0.25, 0.3) is 11.3 Å². The molecule has 3 rings (SSSR count). The Morgan fingerprint density at radius 3 is 2.74 bits per heavy atom. The lowest BCUT2D eigenvalue weighted by molar-refractivity contribution is 0.0955. The molecule has 0 spiro atoms. The van der Waals surface area contributed by atoms with Gasteiger partial charge < -0.3 is 4.42 Å². The summed E-state index contributed by atoms with van der Waals surface area (Å²) in [5.74, 6) is 0.959. The first-order valence-corrected chi connectivity index (χ1v) is 7.61. The lowest BCUT2D eigenvalue weighted by Crippen LogP contribution is -2.17. The van der Waals surface area contributed by atoms with Crippen LogP contribution in [0.1, 0.15) is 16.1 Å². The van der Waals surface area contributed by atoms with Gasteiger partial charge in [-0.1, -0.05) is 28.1 Å². The Labute approximate surface area is 141 Å². The van der Waals surface area contributed by atoms with Gasteiger partial charge in [-0.05, 0) is 36.4 Å². The number of aromatic nitrogens is 1. The lowest BCUT2D eigenvalue weighted by atomic mass is 10.2. The standard InChI is InChI=1S/C17H12BrN3O2/c18-14-5-3-12(4-6-14)16-8-7-15(23-16)11-20-21-17(22)13-2-1-9-19-10-13/h1-11H,(H,21,22)/b20-11+. The number of carbonyl (C=O) groups is 1. The summed E-state index contributed by atoms with van der Waals surface area (Å²) < 4.78 is 6.68. The zero-order valence-corrected chi connectivity index (χ0v) is 13.5. The van der Waals surface area contributed by atoms with Crippen LogP contribution >= 0.6 is 15.9 Å². The maximum Gasteiger partial charge on any atom is 0.272 e. The highest BCUT2D eigenvalue weighted by Crippen LogP contribution is 2.23. The first-order chi connectivity index (χ1) is 11.2. The predicted octanol–water partition coefficient (Wildman–Crippen LogP) is 3.87. The van der Waals surface area contributed by atoms with Gasteiger partial charge in [0.25, 0.3) is 5.91 Å². The van der Waals surface area contributed by atoms with E-state index in [9.17, 15) is 4.79 Å². The molecular weight excluding hydrogens is 358 g/mol. The van der Waals surface area contributed by atoms with Crippen molar-refractivity contribution in [2.45, 2.75) is 0 Å². The van der Waals surface area contributed by atoms with Crippen LogP contribution in [-0.2, 0) is 0 Å². The van der Waals surface area contributed by atoms with Crippen molar-refractivity contribution in [1.29, 1.82) is 0 Å². The van der Waals surface area contributed by atoms with E-state index < -0.39 is 0 Å². The molecule has 3 aromatic rings. The fraction of sp³-hybridized carbons (Fsp3) is 0. The third-order valence-electron chi connectivity index (χ3n) is 3.04. The van der Waals surface area contributed by atoms with Crippen LogP contribution < -0.4 is 5.43 Å². The highest BCUT2D eigenvalue weighted by Gasteiger charge is 2.05. The van der Waals surface area contributed by atoms with Crippen molar-refractivity contribution in [3.63, 3.8) is 0 Å². The zero-order valence-electron chi connectivity index (χ0n) is 11.9. The van der Waals surface area contributed by atoms with E-state index in [1.54, 1.807) is 24.4 Å². The molecule has 2 heterocycles. The summed E-state index contributed by atoms with van der Waals surface area (Å²) >= 11 is 3.39.